The Balaban J connectivity index is 1.34. The first-order valence-electron chi connectivity index (χ1n) is 11.8. The van der Waals surface area contributed by atoms with Crippen molar-refractivity contribution in [1.82, 2.24) is 39.1 Å². The molecule has 5 rings (SSSR count). The van der Waals surface area contributed by atoms with Crippen LogP contribution >= 0.6 is 0 Å². The van der Waals surface area contributed by atoms with Crippen molar-refractivity contribution in [3.8, 4) is 22.5 Å². The van der Waals surface area contributed by atoms with Crippen molar-refractivity contribution in [1.29, 1.82) is 0 Å². The lowest BCUT2D eigenvalue weighted by molar-refractivity contribution is -0.0299. The van der Waals surface area contributed by atoms with Gasteiger partial charge in [0.15, 0.2) is 0 Å². The number of aryl methyl sites for hydroxylation is 1. The molecule has 5 heterocycles. The molecular weight excluding hydrogens is 416 g/mol. The molecule has 33 heavy (non-hydrogen) atoms. The van der Waals surface area contributed by atoms with E-state index in [2.05, 4.69) is 51.1 Å². The summed E-state index contributed by atoms with van der Waals surface area (Å²) >= 11 is 0. The topological polar surface area (TPSA) is 78.3 Å². The van der Waals surface area contributed by atoms with E-state index < -0.39 is 0 Å². The second-order valence-corrected chi connectivity index (χ2v) is 8.78. The molecule has 0 amide bonds. The van der Waals surface area contributed by atoms with E-state index in [9.17, 15) is 0 Å². The molecule has 4 aromatic heterocycles. The SMILES string of the molecule is CCC(CC)n1cc(-c2nc(-c3cnn(CCCN4CC(OC)C4)c3)cn3nccc23)cn1. The number of aromatic nitrogens is 7. The van der Waals surface area contributed by atoms with Gasteiger partial charge in [0.2, 0.25) is 0 Å². The minimum Gasteiger partial charge on any atom is -0.379 e. The van der Waals surface area contributed by atoms with Crippen molar-refractivity contribution < 1.29 is 4.74 Å². The van der Waals surface area contributed by atoms with Crippen LogP contribution in [0.25, 0.3) is 28.0 Å². The number of hydrogen-bond donors (Lipinski definition) is 0. The van der Waals surface area contributed by atoms with Gasteiger partial charge in [0.1, 0.15) is 0 Å². The maximum atomic E-state index is 5.35. The number of hydrogen-bond acceptors (Lipinski definition) is 6. The third-order valence-electron chi connectivity index (χ3n) is 6.63. The largest absolute Gasteiger partial charge is 0.379 e. The summed E-state index contributed by atoms with van der Waals surface area (Å²) < 4.78 is 11.3. The Labute approximate surface area is 194 Å². The van der Waals surface area contributed by atoms with Crippen molar-refractivity contribution in [3.63, 3.8) is 0 Å². The zero-order valence-electron chi connectivity index (χ0n) is 19.6. The molecule has 0 N–H and O–H groups in total. The Bertz CT molecular complexity index is 1200. The molecule has 1 aliphatic heterocycles. The Hall–Kier alpha value is -3.04. The summed E-state index contributed by atoms with van der Waals surface area (Å²) in [6, 6.07) is 2.39. The van der Waals surface area contributed by atoms with Gasteiger partial charge in [0, 0.05) is 56.8 Å². The zero-order chi connectivity index (χ0) is 22.8. The van der Waals surface area contributed by atoms with Crippen LogP contribution < -0.4 is 0 Å². The smallest absolute Gasteiger partial charge is 0.0999 e. The summed E-state index contributed by atoms with van der Waals surface area (Å²) in [5.41, 5.74) is 4.71. The van der Waals surface area contributed by atoms with Gasteiger partial charge in [0.25, 0.3) is 0 Å². The first-order valence-corrected chi connectivity index (χ1v) is 11.8. The molecule has 0 unspecified atom stereocenters. The fraction of sp³-hybridized carbons (Fsp3) is 0.500. The molecule has 1 aliphatic rings. The first-order chi connectivity index (χ1) is 16.2. The number of nitrogens with zero attached hydrogens (tertiary/aromatic N) is 8. The van der Waals surface area contributed by atoms with Gasteiger partial charge in [-0.3, -0.25) is 14.3 Å². The standard InChI is InChI=1S/C24H32N8O/c1-4-20(5-2)31-14-19(12-27-31)24-23-7-8-25-32(23)17-22(28-24)18-11-26-30(13-18)10-6-9-29-15-21(16-29)33-3/h7-8,11-14,17,20-21H,4-6,9-10,15-16H2,1-3H3. The Kier molecular flexibility index (Phi) is 6.24. The highest BCUT2D eigenvalue weighted by atomic mass is 16.5. The van der Waals surface area contributed by atoms with Gasteiger partial charge >= 0.3 is 0 Å². The van der Waals surface area contributed by atoms with Crippen LogP contribution in [0.5, 0.6) is 0 Å². The Morgan fingerprint density at radius 1 is 1.00 bits per heavy atom. The van der Waals surface area contributed by atoms with Crippen LogP contribution in [-0.2, 0) is 11.3 Å². The lowest BCUT2D eigenvalue weighted by Gasteiger charge is -2.38. The molecule has 0 atom stereocenters. The van der Waals surface area contributed by atoms with E-state index in [-0.39, 0.29) is 0 Å². The molecule has 0 bridgehead atoms. The second kappa shape index (κ2) is 9.44. The molecule has 0 radical (unpaired) electrons. The highest BCUT2D eigenvalue weighted by Crippen LogP contribution is 2.28. The van der Waals surface area contributed by atoms with Crippen LogP contribution in [0.2, 0.25) is 0 Å². The highest BCUT2D eigenvalue weighted by Gasteiger charge is 2.25. The summed E-state index contributed by atoms with van der Waals surface area (Å²) in [7, 11) is 1.78. The Morgan fingerprint density at radius 3 is 2.61 bits per heavy atom. The fourth-order valence-electron chi connectivity index (χ4n) is 4.53. The average molecular weight is 449 g/mol. The fourth-order valence-corrected chi connectivity index (χ4v) is 4.53. The van der Waals surface area contributed by atoms with Crippen LogP contribution in [0.4, 0.5) is 0 Å². The van der Waals surface area contributed by atoms with E-state index in [1.165, 1.54) is 0 Å². The second-order valence-electron chi connectivity index (χ2n) is 8.78. The lowest BCUT2D eigenvalue weighted by Crippen LogP contribution is -2.51. The molecule has 1 saturated heterocycles. The number of likely N-dealkylation sites (tertiary alicyclic amines) is 1. The third kappa shape index (κ3) is 4.43. The van der Waals surface area contributed by atoms with Crippen molar-refractivity contribution in [2.75, 3.05) is 26.7 Å². The summed E-state index contributed by atoms with van der Waals surface area (Å²) in [5.74, 6) is 0. The van der Waals surface area contributed by atoms with Crippen LogP contribution in [0.3, 0.4) is 0 Å². The molecule has 174 valence electrons. The molecule has 0 aliphatic carbocycles. The lowest BCUT2D eigenvalue weighted by atomic mass is 10.1. The number of methoxy groups -OCH3 is 1. The van der Waals surface area contributed by atoms with Gasteiger partial charge in [-0.1, -0.05) is 13.8 Å². The van der Waals surface area contributed by atoms with Gasteiger partial charge in [-0.15, -0.1) is 0 Å². The van der Waals surface area contributed by atoms with Crippen LogP contribution in [0.15, 0.2) is 43.2 Å². The van der Waals surface area contributed by atoms with Crippen molar-refractivity contribution in [2.24, 2.45) is 0 Å². The summed E-state index contributed by atoms with van der Waals surface area (Å²) in [6.45, 7) is 8.41. The molecule has 1 fully saturated rings. The predicted octanol–water partition coefficient (Wildman–Crippen LogP) is 3.54. The van der Waals surface area contributed by atoms with E-state index in [0.29, 0.717) is 12.1 Å². The minimum atomic E-state index is 0.401. The summed E-state index contributed by atoms with van der Waals surface area (Å²) in [6.07, 6.45) is 15.3. The number of fused-ring (bicyclic) bond motifs is 1. The van der Waals surface area contributed by atoms with E-state index >= 15 is 0 Å². The maximum absolute atomic E-state index is 5.35. The van der Waals surface area contributed by atoms with Crippen LogP contribution in [0, 0.1) is 0 Å². The summed E-state index contributed by atoms with van der Waals surface area (Å²) in [5, 5.41) is 13.7. The highest BCUT2D eigenvalue weighted by molar-refractivity contribution is 5.78. The molecular formula is C24H32N8O. The molecule has 0 aromatic carbocycles. The van der Waals surface area contributed by atoms with Crippen LogP contribution in [0.1, 0.15) is 39.2 Å². The molecule has 0 saturated carbocycles. The maximum Gasteiger partial charge on any atom is 0.0999 e. The molecule has 0 spiro atoms. The van der Waals surface area contributed by atoms with Gasteiger partial charge in [-0.25, -0.2) is 9.50 Å². The molecule has 9 nitrogen and oxygen atoms in total. The number of ether oxygens (including phenoxy) is 1. The van der Waals surface area contributed by atoms with E-state index in [1.807, 2.05) is 40.1 Å². The Morgan fingerprint density at radius 2 is 1.82 bits per heavy atom. The predicted molar refractivity (Wildman–Crippen MR) is 127 cm³/mol. The van der Waals surface area contributed by atoms with Gasteiger partial charge in [-0.05, 0) is 25.3 Å². The van der Waals surface area contributed by atoms with Crippen molar-refractivity contribution in [3.05, 3.63) is 43.2 Å². The monoisotopic (exact) mass is 448 g/mol. The average Bonchev–Trinajstić information content (AvgIpc) is 3.56. The van der Waals surface area contributed by atoms with E-state index in [0.717, 1.165) is 73.5 Å². The van der Waals surface area contributed by atoms with Gasteiger partial charge in [-0.2, -0.15) is 15.3 Å². The molecule has 9 heteroatoms. The normalized spacial score (nSPS) is 15.0. The van der Waals surface area contributed by atoms with Gasteiger partial charge < -0.3 is 4.74 Å². The van der Waals surface area contributed by atoms with Gasteiger partial charge in [0.05, 0.1) is 53.8 Å². The quantitative estimate of drug-likeness (QED) is 0.369. The van der Waals surface area contributed by atoms with Crippen molar-refractivity contribution in [2.45, 2.75) is 51.8 Å². The van der Waals surface area contributed by atoms with Crippen LogP contribution in [-0.4, -0.2) is 71.9 Å². The first kappa shape index (κ1) is 21.8. The van der Waals surface area contributed by atoms with E-state index in [1.54, 1.807) is 7.11 Å². The van der Waals surface area contributed by atoms with Crippen molar-refractivity contribution >= 4 is 5.52 Å². The van der Waals surface area contributed by atoms with E-state index in [4.69, 9.17) is 9.72 Å². The third-order valence-corrected chi connectivity index (χ3v) is 6.63. The zero-order valence-corrected chi connectivity index (χ0v) is 19.6. The summed E-state index contributed by atoms with van der Waals surface area (Å²) in [4.78, 5) is 7.43. The number of rotatable bonds is 10. The molecule has 4 aromatic rings. The minimum absolute atomic E-state index is 0.401.